The molecule has 78 valence electrons. The smallest absolute Gasteiger partial charge is 0.0607 e. The van der Waals surface area contributed by atoms with E-state index < -0.39 is 0 Å². The van der Waals surface area contributed by atoms with Crippen molar-refractivity contribution >= 4 is 0 Å². The Kier molecular flexibility index (Phi) is 4.66. The first kappa shape index (κ1) is 10.9. The van der Waals surface area contributed by atoms with Crippen molar-refractivity contribution in [2.75, 3.05) is 26.4 Å². The van der Waals surface area contributed by atoms with Crippen molar-refractivity contribution in [3.8, 4) is 0 Å². The third-order valence-electron chi connectivity index (χ3n) is 2.61. The van der Waals surface area contributed by atoms with E-state index in [1.807, 2.05) is 0 Å². The highest BCUT2D eigenvalue weighted by Crippen LogP contribution is 2.16. The molecule has 2 atom stereocenters. The predicted molar refractivity (Wildman–Crippen MR) is 49.5 cm³/mol. The van der Waals surface area contributed by atoms with E-state index in [1.165, 1.54) is 0 Å². The number of nitrogens with one attached hydrogen (secondary N) is 1. The minimum atomic E-state index is -0.199. The number of aliphatic hydroxyl groups is 2. The lowest BCUT2D eigenvalue weighted by Gasteiger charge is -2.23. The van der Waals surface area contributed by atoms with E-state index in [4.69, 9.17) is 14.9 Å². The maximum absolute atomic E-state index is 8.86. The number of ether oxygens (including phenoxy) is 1. The summed E-state index contributed by atoms with van der Waals surface area (Å²) < 4.78 is 5.26. The minimum absolute atomic E-state index is 0.0194. The second-order valence-electron chi connectivity index (χ2n) is 3.64. The molecule has 0 amide bonds. The third kappa shape index (κ3) is 3.23. The molecule has 4 nitrogen and oxygen atoms in total. The van der Waals surface area contributed by atoms with Crippen molar-refractivity contribution in [1.82, 2.24) is 5.32 Å². The second kappa shape index (κ2) is 5.54. The Morgan fingerprint density at radius 1 is 1.46 bits per heavy atom. The van der Waals surface area contributed by atoms with E-state index in [-0.39, 0.29) is 19.3 Å². The van der Waals surface area contributed by atoms with Gasteiger partial charge in [-0.2, -0.15) is 0 Å². The molecule has 2 unspecified atom stereocenters. The summed E-state index contributed by atoms with van der Waals surface area (Å²) >= 11 is 0. The van der Waals surface area contributed by atoms with Gasteiger partial charge in [0.15, 0.2) is 0 Å². The molecule has 0 aromatic rings. The van der Waals surface area contributed by atoms with Crippen LogP contribution in [0.3, 0.4) is 0 Å². The van der Waals surface area contributed by atoms with Crippen molar-refractivity contribution in [1.29, 1.82) is 0 Å². The Morgan fingerprint density at radius 2 is 2.15 bits per heavy atom. The molecule has 1 fully saturated rings. The molecular formula is C9H19NO3. The monoisotopic (exact) mass is 189 g/mol. The number of hydrogen-bond acceptors (Lipinski definition) is 4. The van der Waals surface area contributed by atoms with E-state index in [9.17, 15) is 0 Å². The van der Waals surface area contributed by atoms with Crippen LogP contribution < -0.4 is 5.32 Å². The Labute approximate surface area is 78.9 Å². The lowest BCUT2D eigenvalue weighted by atomic mass is 10.00. The number of rotatable bonds is 5. The Balaban J connectivity index is 2.25. The van der Waals surface area contributed by atoms with Gasteiger partial charge in [0.2, 0.25) is 0 Å². The average molecular weight is 189 g/mol. The normalized spacial score (nSPS) is 25.4. The first-order valence-corrected chi connectivity index (χ1v) is 4.83. The molecule has 3 N–H and O–H groups in total. The fourth-order valence-electron chi connectivity index (χ4n) is 1.62. The number of hydrogen-bond donors (Lipinski definition) is 3. The molecule has 1 aliphatic rings. The van der Waals surface area contributed by atoms with Gasteiger partial charge in [-0.15, -0.1) is 0 Å². The van der Waals surface area contributed by atoms with Gasteiger partial charge in [0.05, 0.1) is 25.9 Å². The molecule has 0 aromatic heterocycles. The SMILES string of the molecule is CC(NC(CO)CO)C1CCOC1. The molecule has 0 radical (unpaired) electrons. The van der Waals surface area contributed by atoms with Gasteiger partial charge in [0.25, 0.3) is 0 Å². The highest BCUT2D eigenvalue weighted by atomic mass is 16.5. The van der Waals surface area contributed by atoms with Crippen molar-refractivity contribution in [3.63, 3.8) is 0 Å². The van der Waals surface area contributed by atoms with E-state index in [0.29, 0.717) is 12.0 Å². The molecule has 0 saturated carbocycles. The Hall–Kier alpha value is -0.160. The van der Waals surface area contributed by atoms with E-state index in [0.717, 1.165) is 19.6 Å². The van der Waals surface area contributed by atoms with Crippen LogP contribution in [-0.2, 0) is 4.74 Å². The summed E-state index contributed by atoms with van der Waals surface area (Å²) in [6.07, 6.45) is 1.07. The summed E-state index contributed by atoms with van der Waals surface area (Å²) in [6, 6.07) is 0.0994. The maximum atomic E-state index is 8.86. The van der Waals surface area contributed by atoms with Gasteiger partial charge >= 0.3 is 0 Å². The molecule has 0 bridgehead atoms. The first-order valence-electron chi connectivity index (χ1n) is 4.83. The van der Waals surface area contributed by atoms with Gasteiger partial charge in [-0.05, 0) is 19.3 Å². The standard InChI is InChI=1S/C9H19NO3/c1-7(8-2-3-13-6-8)10-9(4-11)5-12/h7-12H,2-6H2,1H3. The van der Waals surface area contributed by atoms with Crippen LogP contribution in [0.15, 0.2) is 0 Å². The van der Waals surface area contributed by atoms with Gasteiger partial charge in [0, 0.05) is 12.6 Å². The molecule has 13 heavy (non-hydrogen) atoms. The van der Waals surface area contributed by atoms with Gasteiger partial charge in [0.1, 0.15) is 0 Å². The maximum Gasteiger partial charge on any atom is 0.0607 e. The highest BCUT2D eigenvalue weighted by molar-refractivity contribution is 4.78. The summed E-state index contributed by atoms with van der Waals surface area (Å²) in [5.74, 6) is 0.514. The zero-order valence-electron chi connectivity index (χ0n) is 8.07. The average Bonchev–Trinajstić information content (AvgIpc) is 2.66. The Bertz CT molecular complexity index is 133. The van der Waals surface area contributed by atoms with Crippen molar-refractivity contribution in [3.05, 3.63) is 0 Å². The molecule has 0 spiro atoms. The fourth-order valence-corrected chi connectivity index (χ4v) is 1.62. The summed E-state index contributed by atoms with van der Waals surface area (Å²) in [7, 11) is 0. The molecule has 0 aliphatic carbocycles. The molecule has 1 rings (SSSR count). The highest BCUT2D eigenvalue weighted by Gasteiger charge is 2.23. The summed E-state index contributed by atoms with van der Waals surface area (Å²) in [5.41, 5.74) is 0. The van der Waals surface area contributed by atoms with Crippen LogP contribution in [0.2, 0.25) is 0 Å². The van der Waals surface area contributed by atoms with E-state index >= 15 is 0 Å². The number of aliphatic hydroxyl groups excluding tert-OH is 2. The minimum Gasteiger partial charge on any atom is -0.395 e. The van der Waals surface area contributed by atoms with E-state index in [2.05, 4.69) is 12.2 Å². The predicted octanol–water partition coefficient (Wildman–Crippen LogP) is -0.646. The lowest BCUT2D eigenvalue weighted by molar-refractivity contribution is 0.144. The van der Waals surface area contributed by atoms with Gasteiger partial charge < -0.3 is 20.3 Å². The van der Waals surface area contributed by atoms with Gasteiger partial charge in [-0.3, -0.25) is 0 Å². The third-order valence-corrected chi connectivity index (χ3v) is 2.61. The first-order chi connectivity index (χ1) is 6.27. The summed E-state index contributed by atoms with van der Waals surface area (Å²) in [5, 5.41) is 20.9. The molecule has 1 aliphatic heterocycles. The fraction of sp³-hybridized carbons (Fsp3) is 1.00. The quantitative estimate of drug-likeness (QED) is 0.538. The largest absolute Gasteiger partial charge is 0.395 e. The zero-order chi connectivity index (χ0) is 9.68. The summed E-state index contributed by atoms with van der Waals surface area (Å²) in [4.78, 5) is 0. The van der Waals surface area contributed by atoms with Crippen molar-refractivity contribution < 1.29 is 14.9 Å². The summed E-state index contributed by atoms with van der Waals surface area (Å²) in [6.45, 7) is 3.65. The van der Waals surface area contributed by atoms with Crippen LogP contribution in [0.25, 0.3) is 0 Å². The van der Waals surface area contributed by atoms with E-state index in [1.54, 1.807) is 0 Å². The second-order valence-corrected chi connectivity index (χ2v) is 3.64. The molecule has 4 heteroatoms. The van der Waals surface area contributed by atoms with Crippen LogP contribution in [0.4, 0.5) is 0 Å². The molecule has 1 heterocycles. The Morgan fingerprint density at radius 3 is 2.62 bits per heavy atom. The van der Waals surface area contributed by atoms with Gasteiger partial charge in [-0.25, -0.2) is 0 Å². The van der Waals surface area contributed by atoms with Crippen LogP contribution >= 0.6 is 0 Å². The molecule has 0 aromatic carbocycles. The van der Waals surface area contributed by atoms with Crippen molar-refractivity contribution in [2.24, 2.45) is 5.92 Å². The van der Waals surface area contributed by atoms with Crippen LogP contribution in [-0.4, -0.2) is 48.7 Å². The van der Waals surface area contributed by atoms with Gasteiger partial charge in [-0.1, -0.05) is 0 Å². The van der Waals surface area contributed by atoms with Crippen molar-refractivity contribution in [2.45, 2.75) is 25.4 Å². The topological polar surface area (TPSA) is 61.7 Å². The van der Waals surface area contributed by atoms with Crippen LogP contribution in [0, 0.1) is 5.92 Å². The lowest BCUT2D eigenvalue weighted by Crippen LogP contribution is -2.45. The molecule has 1 saturated heterocycles. The van der Waals surface area contributed by atoms with Crippen LogP contribution in [0.1, 0.15) is 13.3 Å². The zero-order valence-corrected chi connectivity index (χ0v) is 8.07. The molecular weight excluding hydrogens is 170 g/mol. The van der Waals surface area contributed by atoms with Crippen LogP contribution in [0.5, 0.6) is 0 Å².